The van der Waals surface area contributed by atoms with Crippen LogP contribution >= 0.6 is 0 Å². The van der Waals surface area contributed by atoms with E-state index in [1.165, 1.54) is 19.3 Å². The first-order valence-corrected chi connectivity index (χ1v) is 3.40. The largest absolute Gasteiger partial charge is 0.542 e. The Kier molecular flexibility index (Phi) is 8.92. The summed E-state index contributed by atoms with van der Waals surface area (Å²) in [6.45, 7) is 4.88. The fourth-order valence-corrected chi connectivity index (χ4v) is 0.697. The van der Waals surface area contributed by atoms with Gasteiger partial charge in [-0.15, -0.1) is 0 Å². The van der Waals surface area contributed by atoms with Crippen molar-refractivity contribution in [2.24, 2.45) is 0 Å². The van der Waals surface area contributed by atoms with E-state index in [0.29, 0.717) is 5.82 Å². The molecule has 0 saturated carbocycles. The van der Waals surface area contributed by atoms with Crippen molar-refractivity contribution in [3.05, 3.63) is 17.6 Å². The molecule has 0 saturated heterocycles. The summed E-state index contributed by atoms with van der Waals surface area (Å²) in [5.41, 5.74) is 0.792. The minimum atomic E-state index is 0. The average Bonchev–Trinajstić information content (AvgIpc) is 1.84. The van der Waals surface area contributed by atoms with Crippen LogP contribution in [0.4, 0.5) is 0 Å². The van der Waals surface area contributed by atoms with Gasteiger partial charge in [0.2, 0.25) is 5.88 Å². The van der Waals surface area contributed by atoms with Crippen LogP contribution in [-0.2, 0) is 25.9 Å². The van der Waals surface area contributed by atoms with Gasteiger partial charge < -0.3 is 9.90 Å². The molecule has 0 unspecified atom stereocenters. The second-order valence-electron chi connectivity index (χ2n) is 2.12. The second kappa shape index (κ2) is 7.87. The van der Waals surface area contributed by atoms with Gasteiger partial charge in [0.25, 0.3) is 0 Å². The number of carbonyl (C=O) groups excluding carboxylic acids is 1. The van der Waals surface area contributed by atoms with Gasteiger partial charge in [-0.2, -0.15) is 11.9 Å². The summed E-state index contributed by atoms with van der Waals surface area (Å²) in [6, 6.07) is 1.52. The molecule has 1 heterocycles. The monoisotopic (exact) mass is 351 g/mol. The normalized spacial score (nSPS) is 7.62. The Labute approximate surface area is 91.7 Å². The Hall–Kier alpha value is -0.762. The molecule has 1 rings (SSSR count). The Morgan fingerprint density at radius 2 is 1.85 bits per heavy atom. The fourth-order valence-electron chi connectivity index (χ4n) is 0.697. The van der Waals surface area contributed by atoms with Crippen molar-refractivity contribution < 1.29 is 31.0 Å². The van der Waals surface area contributed by atoms with Crippen molar-refractivity contribution in [2.45, 2.75) is 20.8 Å². The van der Waals surface area contributed by atoms with Gasteiger partial charge in [-0.05, 0) is 13.8 Å². The molecule has 0 radical (unpaired) electrons. The van der Waals surface area contributed by atoms with Crippen LogP contribution in [0, 0.1) is 13.8 Å². The maximum Gasteiger partial charge on any atom is 0.214 e. The summed E-state index contributed by atoms with van der Waals surface area (Å²) in [4.78, 5) is 16.3. The minimum absolute atomic E-state index is 0. The number of hydrogen-bond acceptors (Lipinski definition) is 4. The van der Waals surface area contributed by atoms with E-state index in [0.717, 1.165) is 5.69 Å². The molecular weight excluding hydrogens is 340 g/mol. The number of aryl methyl sites for hydroxylation is 2. The van der Waals surface area contributed by atoms with Crippen molar-refractivity contribution in [3.63, 3.8) is 0 Å². The Morgan fingerprint density at radius 3 is 2.15 bits per heavy atom. The van der Waals surface area contributed by atoms with E-state index in [1.54, 1.807) is 6.92 Å². The van der Waals surface area contributed by atoms with Crippen LogP contribution in [0.5, 0.6) is 5.88 Å². The summed E-state index contributed by atoms with van der Waals surface area (Å²) in [7, 11) is 0. The van der Waals surface area contributed by atoms with Crippen molar-refractivity contribution >= 4 is 6.29 Å². The topological polar surface area (TPSA) is 63.1 Å². The molecule has 0 bridgehead atoms. The summed E-state index contributed by atoms with van der Waals surface area (Å²) < 4.78 is 0. The third kappa shape index (κ3) is 7.59. The maximum absolute atomic E-state index is 8.84. The SMILES string of the molecule is C[C-]=O.Cc1cc(O)nc(C)n1.[W]. The van der Waals surface area contributed by atoms with Gasteiger partial charge in [0.05, 0.1) is 0 Å². The molecule has 13 heavy (non-hydrogen) atoms. The molecule has 0 fully saturated rings. The van der Waals surface area contributed by atoms with Crippen LogP contribution in [0.2, 0.25) is 0 Å². The van der Waals surface area contributed by atoms with Gasteiger partial charge in [-0.1, -0.05) is 0 Å². The summed E-state index contributed by atoms with van der Waals surface area (Å²) >= 11 is 0. The van der Waals surface area contributed by atoms with E-state index in [-0.39, 0.29) is 26.9 Å². The van der Waals surface area contributed by atoms with Crippen LogP contribution in [0.25, 0.3) is 0 Å². The Balaban J connectivity index is 0. The summed E-state index contributed by atoms with van der Waals surface area (Å²) in [6.07, 6.45) is 1.50. The summed E-state index contributed by atoms with van der Waals surface area (Å²) in [5, 5.41) is 8.84. The van der Waals surface area contributed by atoms with Crippen LogP contribution in [0.15, 0.2) is 6.07 Å². The predicted octanol–water partition coefficient (Wildman–Crippen LogP) is 0.913. The van der Waals surface area contributed by atoms with Gasteiger partial charge in [-0.3, -0.25) is 6.29 Å². The van der Waals surface area contributed by atoms with Crippen molar-refractivity contribution in [1.29, 1.82) is 0 Å². The van der Waals surface area contributed by atoms with E-state index in [4.69, 9.17) is 9.90 Å². The van der Waals surface area contributed by atoms with Crippen molar-refractivity contribution in [2.75, 3.05) is 0 Å². The maximum atomic E-state index is 8.84. The van der Waals surface area contributed by atoms with Crippen LogP contribution in [-0.4, -0.2) is 21.4 Å². The Bertz CT molecular complexity index is 216. The number of nitrogens with zero attached hydrogens (tertiary/aromatic N) is 2. The number of aromatic nitrogens is 2. The molecule has 0 spiro atoms. The van der Waals surface area contributed by atoms with Gasteiger partial charge >= 0.3 is 0 Å². The molecule has 5 heteroatoms. The van der Waals surface area contributed by atoms with Crippen LogP contribution in [0.1, 0.15) is 18.4 Å². The predicted molar refractivity (Wildman–Crippen MR) is 44.5 cm³/mol. The molecule has 0 aliphatic carbocycles. The first-order valence-electron chi connectivity index (χ1n) is 3.40. The molecule has 0 atom stereocenters. The van der Waals surface area contributed by atoms with Crippen LogP contribution in [0.3, 0.4) is 0 Å². The summed E-state index contributed by atoms with van der Waals surface area (Å²) in [5.74, 6) is 0.646. The van der Waals surface area contributed by atoms with Crippen molar-refractivity contribution in [1.82, 2.24) is 9.97 Å². The molecule has 1 aromatic rings. The van der Waals surface area contributed by atoms with E-state index >= 15 is 0 Å². The molecule has 4 nitrogen and oxygen atoms in total. The molecule has 0 aliphatic heterocycles. The zero-order chi connectivity index (χ0) is 9.56. The zero-order valence-electron chi connectivity index (χ0n) is 7.74. The molecule has 1 aromatic heterocycles. The number of rotatable bonds is 0. The van der Waals surface area contributed by atoms with E-state index in [2.05, 4.69) is 9.97 Å². The van der Waals surface area contributed by atoms with Gasteiger partial charge in [0.15, 0.2) is 0 Å². The van der Waals surface area contributed by atoms with E-state index < -0.39 is 0 Å². The van der Waals surface area contributed by atoms with Crippen LogP contribution < -0.4 is 0 Å². The standard InChI is InChI=1S/C6H8N2O.C2H3O.W/c1-4-3-6(9)8-5(2)7-4;1-2-3;/h3H,1-2H3,(H,7,8,9);1H3;/q;-1;. The molecule has 0 amide bonds. The van der Waals surface area contributed by atoms with E-state index in [9.17, 15) is 0 Å². The fraction of sp³-hybridized carbons (Fsp3) is 0.375. The number of aromatic hydroxyl groups is 1. The first-order chi connectivity index (χ1) is 5.60. The average molecular weight is 351 g/mol. The smallest absolute Gasteiger partial charge is 0.214 e. The second-order valence-corrected chi connectivity index (χ2v) is 2.12. The third-order valence-corrected chi connectivity index (χ3v) is 0.952. The Morgan fingerprint density at radius 1 is 1.38 bits per heavy atom. The molecule has 72 valence electrons. The molecular formula is C8H11N2O2W-. The van der Waals surface area contributed by atoms with Gasteiger partial charge in [0.1, 0.15) is 5.82 Å². The van der Waals surface area contributed by atoms with Gasteiger partial charge in [0, 0.05) is 32.8 Å². The van der Waals surface area contributed by atoms with Crippen molar-refractivity contribution in [3.8, 4) is 5.88 Å². The zero-order valence-corrected chi connectivity index (χ0v) is 10.7. The quantitative estimate of drug-likeness (QED) is 0.706. The molecule has 1 N–H and O–H groups in total. The first kappa shape index (κ1) is 14.7. The third-order valence-electron chi connectivity index (χ3n) is 0.952. The molecule has 0 aliphatic rings. The molecule has 0 aromatic carbocycles. The van der Waals surface area contributed by atoms with Gasteiger partial charge in [-0.25, -0.2) is 4.98 Å². The van der Waals surface area contributed by atoms with E-state index in [1.807, 2.05) is 6.92 Å². The number of hydrogen-bond donors (Lipinski definition) is 1. The minimum Gasteiger partial charge on any atom is -0.542 e.